The first kappa shape index (κ1) is 73.4. The molecule has 4 aromatic heterocycles. The van der Waals surface area contributed by atoms with Crippen LogP contribution in [0.2, 0.25) is 66.5 Å². The van der Waals surface area contributed by atoms with Crippen LogP contribution in [-0.4, -0.2) is 32.3 Å². The first-order valence-corrected chi connectivity index (χ1v) is 48.6. The van der Waals surface area contributed by atoms with Gasteiger partial charge in [-0.1, -0.05) is 214 Å². The number of thiophene rings is 4. The number of rotatable bonds is 12. The highest BCUT2D eigenvalue weighted by Crippen LogP contribution is 2.49. The minimum Gasteiger partial charge on any atom is -0.195 e. The van der Waals surface area contributed by atoms with Crippen molar-refractivity contribution in [2.75, 3.05) is 0 Å². The smallest absolute Gasteiger partial charge is 0.177 e. The van der Waals surface area contributed by atoms with Crippen molar-refractivity contribution in [2.24, 2.45) is 0 Å². The van der Waals surface area contributed by atoms with Crippen molar-refractivity contribution in [1.29, 1.82) is 0 Å². The second-order valence-corrected chi connectivity index (χ2v) is 58.3. The molecule has 0 amide bonds. The molecule has 0 saturated carbocycles. The summed E-state index contributed by atoms with van der Waals surface area (Å²) in [6.45, 7) is 57.0. The molecule has 10 heteroatoms. The molecule has 98 heavy (non-hydrogen) atoms. The van der Waals surface area contributed by atoms with E-state index in [9.17, 15) is 8.78 Å². The van der Waals surface area contributed by atoms with Gasteiger partial charge >= 0.3 is 0 Å². The SMILES string of the molecule is CC(C)[Si](C#Cc1cc2c(cc(C#C[Si](C(C)C)(C(C)C)C(C)C)c3c4cc(F)sc4ccc23)c2ccc3sc(F)cc3c12)(C(C)C)C(C)C.CC(C)[Si](C#Cc1cc2c(cc(C#C[Si](C(C)C)(C(C)C)C(C)C)c3c4ccsc4ccc23)c2ccc3sccc3c12)(C(C)C)C(C)C. The van der Waals surface area contributed by atoms with Gasteiger partial charge in [0.05, 0.1) is 0 Å². The van der Waals surface area contributed by atoms with Gasteiger partial charge < -0.3 is 0 Å². The molecule has 0 spiro atoms. The van der Waals surface area contributed by atoms with Crippen molar-refractivity contribution in [3.05, 3.63) is 140 Å². The van der Waals surface area contributed by atoms with Crippen molar-refractivity contribution in [1.82, 2.24) is 0 Å². The summed E-state index contributed by atoms with van der Waals surface area (Å²) < 4.78 is 34.4. The Morgan fingerprint density at radius 1 is 0.245 bits per heavy atom. The molecule has 0 bridgehead atoms. The maximum absolute atomic E-state index is 15.0. The normalized spacial score (nSPS) is 13.0. The van der Waals surface area contributed by atoms with Crippen LogP contribution in [-0.2, 0) is 0 Å². The van der Waals surface area contributed by atoms with Gasteiger partial charge in [0, 0.05) is 84.1 Å². The van der Waals surface area contributed by atoms with E-state index in [1.807, 2.05) is 22.7 Å². The Hall–Kier alpha value is -5.87. The van der Waals surface area contributed by atoms with Crippen molar-refractivity contribution in [2.45, 2.75) is 233 Å². The van der Waals surface area contributed by atoms with E-state index in [1.54, 1.807) is 12.1 Å². The van der Waals surface area contributed by atoms with Gasteiger partial charge in [-0.25, -0.2) is 0 Å². The molecular weight excluding hydrogens is 1340 g/mol. The van der Waals surface area contributed by atoms with E-state index >= 15 is 0 Å². The lowest BCUT2D eigenvalue weighted by Gasteiger charge is -2.38. The third-order valence-corrected chi connectivity index (χ3v) is 52.4. The Morgan fingerprint density at radius 3 is 0.684 bits per heavy atom. The lowest BCUT2D eigenvalue weighted by Crippen LogP contribution is -2.43. The summed E-state index contributed by atoms with van der Waals surface area (Å²) in [5.74, 6) is 15.4. The summed E-state index contributed by atoms with van der Waals surface area (Å²) in [5, 5.41) is 22.6. The molecule has 0 nitrogen and oxygen atoms in total. The van der Waals surface area contributed by atoms with Gasteiger partial charge in [0.1, 0.15) is 32.3 Å². The molecule has 4 heterocycles. The highest BCUT2D eigenvalue weighted by Gasteiger charge is 2.45. The maximum Gasteiger partial charge on any atom is 0.177 e. The van der Waals surface area contributed by atoms with Crippen molar-refractivity contribution < 1.29 is 8.78 Å². The Balaban J connectivity index is 0.000000199. The van der Waals surface area contributed by atoms with Crippen molar-refractivity contribution >= 4 is 183 Å². The van der Waals surface area contributed by atoms with Crippen LogP contribution in [0.25, 0.3) is 105 Å². The van der Waals surface area contributed by atoms with E-state index in [4.69, 9.17) is 0 Å². The largest absolute Gasteiger partial charge is 0.195 e. The number of hydrogen-bond acceptors (Lipinski definition) is 4. The fraction of sp³-hybridized carbons (Fsp3) is 0.409. The van der Waals surface area contributed by atoms with E-state index in [-0.39, 0.29) is 10.3 Å². The molecule has 8 aromatic carbocycles. The van der Waals surface area contributed by atoms with E-state index < -0.39 is 32.3 Å². The predicted molar refractivity (Wildman–Crippen MR) is 451 cm³/mol. The fourth-order valence-corrected chi connectivity index (χ4v) is 43.3. The second kappa shape index (κ2) is 28.2. The van der Waals surface area contributed by atoms with Crippen LogP contribution < -0.4 is 0 Å². The van der Waals surface area contributed by atoms with Crippen LogP contribution in [0.5, 0.6) is 0 Å². The zero-order valence-corrected chi connectivity index (χ0v) is 70.0. The van der Waals surface area contributed by atoms with Gasteiger partial charge in [-0.2, -0.15) is 8.78 Å². The lowest BCUT2D eigenvalue weighted by molar-refractivity contribution is 0.658. The molecule has 0 aliphatic carbocycles. The zero-order valence-electron chi connectivity index (χ0n) is 62.7. The number of halogens is 2. The third-order valence-electron chi connectivity index (χ3n) is 23.7. The zero-order chi connectivity index (χ0) is 71.2. The molecule has 0 aliphatic heterocycles. The predicted octanol–water partition coefficient (Wildman–Crippen LogP) is 29.7. The number of hydrogen-bond donors (Lipinski definition) is 0. The minimum atomic E-state index is -2.07. The average molecular weight is 1440 g/mol. The molecule has 12 rings (SSSR count). The van der Waals surface area contributed by atoms with Gasteiger partial charge in [-0.3, -0.25) is 0 Å². The third kappa shape index (κ3) is 12.2. The highest BCUT2D eigenvalue weighted by atomic mass is 32.1. The Morgan fingerprint density at radius 2 is 0.459 bits per heavy atom. The van der Waals surface area contributed by atoms with Crippen LogP contribution in [0.4, 0.5) is 8.78 Å². The van der Waals surface area contributed by atoms with Gasteiger partial charge in [-0.15, -0.1) is 67.5 Å². The van der Waals surface area contributed by atoms with Crippen molar-refractivity contribution in [3.63, 3.8) is 0 Å². The molecular formula is C88H102F2S4Si4. The van der Waals surface area contributed by atoms with E-state index in [0.717, 1.165) is 63.6 Å². The summed E-state index contributed by atoms with van der Waals surface area (Å²) in [4.78, 5) is 0. The number of benzene rings is 8. The van der Waals surface area contributed by atoms with Gasteiger partial charge in [0.2, 0.25) is 0 Å². The highest BCUT2D eigenvalue weighted by molar-refractivity contribution is 7.18. The van der Waals surface area contributed by atoms with E-state index in [1.165, 1.54) is 86.3 Å². The fourth-order valence-electron chi connectivity index (χ4n) is 19.2. The van der Waals surface area contributed by atoms with Gasteiger partial charge in [0.25, 0.3) is 0 Å². The summed E-state index contributed by atoms with van der Waals surface area (Å²) in [6.07, 6.45) is 0. The van der Waals surface area contributed by atoms with Crippen LogP contribution in [0.1, 0.15) is 188 Å². The van der Waals surface area contributed by atoms with Crippen molar-refractivity contribution in [3.8, 4) is 45.9 Å². The van der Waals surface area contributed by atoms with Crippen LogP contribution >= 0.6 is 45.3 Å². The van der Waals surface area contributed by atoms with E-state index in [0.29, 0.717) is 66.5 Å². The van der Waals surface area contributed by atoms with Gasteiger partial charge in [-0.05, 0) is 193 Å². The average Bonchev–Trinajstić information content (AvgIpc) is 1.18. The molecule has 508 valence electrons. The summed E-state index contributed by atoms with van der Waals surface area (Å²) in [6, 6.07) is 35.1. The van der Waals surface area contributed by atoms with Crippen LogP contribution in [0.3, 0.4) is 0 Å². The topological polar surface area (TPSA) is 0 Å². The lowest BCUT2D eigenvalue weighted by atomic mass is 9.89. The molecule has 0 fully saturated rings. The molecule has 0 saturated heterocycles. The monoisotopic (exact) mass is 1440 g/mol. The summed E-state index contributed by atoms with van der Waals surface area (Å²) in [5.41, 5.74) is 26.8. The Labute approximate surface area is 605 Å². The summed E-state index contributed by atoms with van der Waals surface area (Å²) in [7, 11) is -8.01. The minimum absolute atomic E-state index is 0.189. The van der Waals surface area contributed by atoms with Crippen LogP contribution in [0, 0.1) is 56.1 Å². The molecule has 0 N–H and O–H groups in total. The quantitative estimate of drug-likeness (QED) is 0.0650. The summed E-state index contributed by atoms with van der Waals surface area (Å²) >= 11 is 6.03. The standard InChI is InChI=1S/C44H50F2S2Si2.C44H52S2Si2/c1-25(2)49(26(3)4,27(5)6)19-17-31-21-35-34-14-16-40-38(24-42(46)48-40)44(34)32(18-20-50(28(7)8,29(9)10)30(11)12)22-36(35)33-13-15-39-37(43(31)33)23-41(45)47-39;1-27(2)47(28(3)4,29(5)6)23-19-33-25-39-36-14-16-42-38(18-22-46-42)44(36)34(20-24-48(30(7)8,31(9)10)32(11)12)26-40(39)35-13-15-41-37(43(33)35)17-21-45-41/h13-16,21-30H,1-12H3;13-18,21-22,25-32H,1-12H3. The first-order valence-electron chi connectivity index (χ1n) is 36.2. The Bertz CT molecular complexity index is 4940. The number of fused-ring (bicyclic) bond motifs is 18. The maximum atomic E-state index is 15.0. The molecule has 0 atom stereocenters. The molecule has 0 radical (unpaired) electrons. The van der Waals surface area contributed by atoms with Gasteiger partial charge in [0.15, 0.2) is 10.3 Å². The van der Waals surface area contributed by atoms with Crippen LogP contribution in [0.15, 0.2) is 108 Å². The second-order valence-electron chi connectivity index (χ2n) is 32.0. The Kier molecular flexibility index (Phi) is 21.1. The van der Waals surface area contributed by atoms with E-state index in [2.05, 4.69) is 308 Å². The molecule has 0 aliphatic rings. The first-order chi connectivity index (χ1) is 46.3. The molecule has 12 aromatic rings. The molecule has 0 unspecified atom stereocenters.